The summed E-state index contributed by atoms with van der Waals surface area (Å²) in [7, 11) is 0. The van der Waals surface area contributed by atoms with Gasteiger partial charge < -0.3 is 0 Å². The van der Waals surface area contributed by atoms with Crippen LogP contribution in [0.25, 0.3) is 5.65 Å². The molecule has 0 atom stereocenters. The van der Waals surface area contributed by atoms with Crippen molar-refractivity contribution in [1.82, 2.24) is 14.6 Å². The number of amides is 1. The molecule has 5 nitrogen and oxygen atoms in total. The smallest absolute Gasteiger partial charge is 0.249 e. The summed E-state index contributed by atoms with van der Waals surface area (Å²) >= 11 is 0. The number of carbonyl (C=O) groups excluding carboxylic acids is 1. The maximum atomic E-state index is 12.0. The van der Waals surface area contributed by atoms with Crippen molar-refractivity contribution in [1.29, 1.82) is 0 Å². The molecule has 1 fully saturated rings. The molecule has 0 saturated heterocycles. The summed E-state index contributed by atoms with van der Waals surface area (Å²) in [6.07, 6.45) is 6.12. The molecular formula is C13H16N4O. The molecule has 0 spiro atoms. The molecule has 1 N–H and O–H groups in total. The summed E-state index contributed by atoms with van der Waals surface area (Å²) in [5.74, 6) is 0.593. The van der Waals surface area contributed by atoms with Gasteiger partial charge in [-0.25, -0.2) is 4.52 Å². The van der Waals surface area contributed by atoms with E-state index in [-0.39, 0.29) is 11.8 Å². The Morgan fingerprint density at radius 2 is 2.22 bits per heavy atom. The quantitative estimate of drug-likeness (QED) is 0.880. The van der Waals surface area contributed by atoms with Crippen LogP contribution in [0.4, 0.5) is 5.95 Å². The zero-order valence-electron chi connectivity index (χ0n) is 10.4. The standard InChI is InChI=1S/C13H16N4O/c1-9-6-7-17-11(8-9)14-13(16-17)15-12(18)10-4-2-3-5-10/h6-8,10H,2-5H2,1H3,(H,15,16,18). The fourth-order valence-corrected chi connectivity index (χ4v) is 2.44. The highest BCUT2D eigenvalue weighted by Crippen LogP contribution is 2.25. The normalized spacial score (nSPS) is 16.3. The van der Waals surface area contributed by atoms with E-state index in [1.54, 1.807) is 4.52 Å². The van der Waals surface area contributed by atoms with Crippen molar-refractivity contribution in [2.45, 2.75) is 32.6 Å². The van der Waals surface area contributed by atoms with Gasteiger partial charge >= 0.3 is 0 Å². The van der Waals surface area contributed by atoms with Crippen LogP contribution in [0, 0.1) is 12.8 Å². The Morgan fingerprint density at radius 1 is 1.44 bits per heavy atom. The van der Waals surface area contributed by atoms with E-state index in [0.29, 0.717) is 5.95 Å². The van der Waals surface area contributed by atoms with E-state index < -0.39 is 0 Å². The Hall–Kier alpha value is -1.91. The molecule has 1 aliphatic rings. The Balaban J connectivity index is 1.79. The molecule has 5 heteroatoms. The van der Waals surface area contributed by atoms with Crippen LogP contribution < -0.4 is 5.32 Å². The van der Waals surface area contributed by atoms with Crippen LogP contribution in [0.3, 0.4) is 0 Å². The first-order valence-corrected chi connectivity index (χ1v) is 6.36. The first-order valence-electron chi connectivity index (χ1n) is 6.36. The van der Waals surface area contributed by atoms with E-state index in [1.165, 1.54) is 0 Å². The molecule has 1 amide bonds. The van der Waals surface area contributed by atoms with Crippen LogP contribution in [0.15, 0.2) is 18.3 Å². The van der Waals surface area contributed by atoms with E-state index >= 15 is 0 Å². The number of nitrogens with one attached hydrogen (secondary N) is 1. The van der Waals surface area contributed by atoms with Gasteiger partial charge in [0.15, 0.2) is 5.65 Å². The number of nitrogens with zero attached hydrogens (tertiary/aromatic N) is 3. The minimum Gasteiger partial charge on any atom is -0.293 e. The Labute approximate surface area is 105 Å². The van der Waals surface area contributed by atoms with Crippen LogP contribution in [0.1, 0.15) is 31.2 Å². The molecule has 0 aliphatic heterocycles. The molecule has 94 valence electrons. The molecule has 0 radical (unpaired) electrons. The van der Waals surface area contributed by atoms with Crippen LogP contribution >= 0.6 is 0 Å². The predicted octanol–water partition coefficient (Wildman–Crippen LogP) is 2.17. The van der Waals surface area contributed by atoms with Crippen LogP contribution in [0.2, 0.25) is 0 Å². The minimum atomic E-state index is 0.0557. The Bertz CT molecular complexity index is 584. The van der Waals surface area contributed by atoms with E-state index in [2.05, 4.69) is 15.4 Å². The maximum absolute atomic E-state index is 12.0. The highest BCUT2D eigenvalue weighted by molar-refractivity contribution is 5.91. The zero-order valence-corrected chi connectivity index (χ0v) is 10.4. The van der Waals surface area contributed by atoms with E-state index in [0.717, 1.165) is 36.9 Å². The van der Waals surface area contributed by atoms with Gasteiger partial charge in [-0.3, -0.25) is 10.1 Å². The number of aromatic nitrogens is 3. The van der Waals surface area contributed by atoms with Crippen molar-refractivity contribution < 1.29 is 4.79 Å². The Kier molecular flexibility index (Phi) is 2.74. The van der Waals surface area contributed by atoms with Crippen molar-refractivity contribution in [2.75, 3.05) is 5.32 Å². The predicted molar refractivity (Wildman–Crippen MR) is 68.3 cm³/mol. The molecule has 18 heavy (non-hydrogen) atoms. The molecule has 1 saturated carbocycles. The van der Waals surface area contributed by atoms with Crippen molar-refractivity contribution >= 4 is 17.5 Å². The van der Waals surface area contributed by atoms with Crippen LogP contribution in [-0.4, -0.2) is 20.5 Å². The number of pyridine rings is 1. The number of fused-ring (bicyclic) bond motifs is 1. The van der Waals surface area contributed by atoms with Gasteiger partial charge in [-0.15, -0.1) is 5.10 Å². The average molecular weight is 244 g/mol. The van der Waals surface area contributed by atoms with Crippen molar-refractivity contribution in [3.63, 3.8) is 0 Å². The SMILES string of the molecule is Cc1ccn2nc(NC(=O)C3CCCC3)nc2c1. The lowest BCUT2D eigenvalue weighted by Crippen LogP contribution is -2.21. The number of rotatable bonds is 2. The second kappa shape index (κ2) is 4.40. The van der Waals surface area contributed by atoms with Crippen LogP contribution in [-0.2, 0) is 4.79 Å². The highest BCUT2D eigenvalue weighted by Gasteiger charge is 2.23. The second-order valence-corrected chi connectivity index (χ2v) is 4.91. The lowest BCUT2D eigenvalue weighted by Gasteiger charge is -2.06. The molecule has 2 aromatic heterocycles. The highest BCUT2D eigenvalue weighted by atomic mass is 16.2. The third-order valence-corrected chi connectivity index (χ3v) is 3.45. The fourth-order valence-electron chi connectivity index (χ4n) is 2.44. The summed E-state index contributed by atoms with van der Waals surface area (Å²) in [5.41, 5.74) is 1.89. The molecular weight excluding hydrogens is 228 g/mol. The molecule has 1 aliphatic carbocycles. The van der Waals surface area contributed by atoms with Gasteiger partial charge in [-0.2, -0.15) is 4.98 Å². The Morgan fingerprint density at radius 3 is 3.00 bits per heavy atom. The van der Waals surface area contributed by atoms with Crippen molar-refractivity contribution in [2.24, 2.45) is 5.92 Å². The second-order valence-electron chi connectivity index (χ2n) is 4.91. The summed E-state index contributed by atoms with van der Waals surface area (Å²) in [5, 5.41) is 7.05. The molecule has 0 bridgehead atoms. The molecule has 0 aromatic carbocycles. The summed E-state index contributed by atoms with van der Waals surface area (Å²) < 4.78 is 1.68. The van der Waals surface area contributed by atoms with Gasteiger partial charge in [-0.1, -0.05) is 12.8 Å². The summed E-state index contributed by atoms with van der Waals surface area (Å²) in [4.78, 5) is 16.3. The number of hydrogen-bond donors (Lipinski definition) is 1. The number of anilines is 1. The average Bonchev–Trinajstić information content (AvgIpc) is 2.95. The van der Waals surface area contributed by atoms with Gasteiger partial charge in [0.2, 0.25) is 11.9 Å². The van der Waals surface area contributed by atoms with Gasteiger partial charge in [0.25, 0.3) is 0 Å². The van der Waals surface area contributed by atoms with Crippen molar-refractivity contribution in [3.8, 4) is 0 Å². The van der Waals surface area contributed by atoms with E-state index in [9.17, 15) is 4.79 Å². The summed E-state index contributed by atoms with van der Waals surface area (Å²) in [6.45, 7) is 2.01. The fraction of sp³-hybridized carbons (Fsp3) is 0.462. The number of carbonyl (C=O) groups is 1. The third kappa shape index (κ3) is 2.08. The number of hydrogen-bond acceptors (Lipinski definition) is 3. The van der Waals surface area contributed by atoms with Crippen molar-refractivity contribution in [3.05, 3.63) is 23.9 Å². The molecule has 3 rings (SSSR count). The monoisotopic (exact) mass is 244 g/mol. The molecule has 0 unspecified atom stereocenters. The lowest BCUT2D eigenvalue weighted by molar-refractivity contribution is -0.119. The first-order chi connectivity index (χ1) is 8.72. The minimum absolute atomic E-state index is 0.0557. The third-order valence-electron chi connectivity index (χ3n) is 3.45. The largest absolute Gasteiger partial charge is 0.293 e. The zero-order chi connectivity index (χ0) is 12.5. The topological polar surface area (TPSA) is 59.3 Å². The van der Waals surface area contributed by atoms with E-state index in [4.69, 9.17) is 0 Å². The maximum Gasteiger partial charge on any atom is 0.249 e. The lowest BCUT2D eigenvalue weighted by atomic mass is 10.1. The van der Waals surface area contributed by atoms with Crippen LogP contribution in [0.5, 0.6) is 0 Å². The van der Waals surface area contributed by atoms with Gasteiger partial charge in [0.1, 0.15) is 0 Å². The first kappa shape index (κ1) is 11.2. The van der Waals surface area contributed by atoms with E-state index in [1.807, 2.05) is 25.3 Å². The molecule has 2 aromatic rings. The summed E-state index contributed by atoms with van der Waals surface area (Å²) in [6, 6.07) is 3.91. The van der Waals surface area contributed by atoms with Gasteiger partial charge in [0, 0.05) is 12.1 Å². The molecule has 2 heterocycles. The number of aryl methyl sites for hydroxylation is 1. The van der Waals surface area contributed by atoms with Gasteiger partial charge in [0.05, 0.1) is 0 Å². The van der Waals surface area contributed by atoms with Gasteiger partial charge in [-0.05, 0) is 37.5 Å².